The molecule has 8 nitrogen and oxygen atoms in total. The standard InChI is InChI=1S/C22H24N6O2/c1-14-11-16-5-3-4-6-19(16)28(14)22-25-18(12-20(29)26-22)17-13-23-21(24-15(17)2)27-7-9-30-10-8-27/h3-6,12-14H,7-11H2,1-2H3,(H,25,26,29)/t14-/m1/s1. The lowest BCUT2D eigenvalue weighted by molar-refractivity contribution is 0.122. The van der Waals surface area contributed by atoms with E-state index in [0.717, 1.165) is 36.5 Å². The molecule has 0 radical (unpaired) electrons. The van der Waals surface area contributed by atoms with E-state index in [-0.39, 0.29) is 11.6 Å². The largest absolute Gasteiger partial charge is 0.378 e. The van der Waals surface area contributed by atoms with E-state index in [1.165, 1.54) is 11.6 Å². The second-order valence-corrected chi connectivity index (χ2v) is 7.77. The molecule has 0 aliphatic carbocycles. The number of fused-ring (bicyclic) bond motifs is 1. The Morgan fingerprint density at radius 3 is 2.77 bits per heavy atom. The Morgan fingerprint density at radius 2 is 1.97 bits per heavy atom. The van der Waals surface area contributed by atoms with Crippen molar-refractivity contribution < 1.29 is 4.74 Å². The highest BCUT2D eigenvalue weighted by atomic mass is 16.5. The third-order valence-corrected chi connectivity index (χ3v) is 5.70. The van der Waals surface area contributed by atoms with E-state index in [4.69, 9.17) is 9.72 Å². The maximum Gasteiger partial charge on any atom is 0.252 e. The molecule has 1 atom stereocenters. The number of hydrogen-bond donors (Lipinski definition) is 1. The van der Waals surface area contributed by atoms with E-state index < -0.39 is 0 Å². The van der Waals surface area contributed by atoms with E-state index in [0.29, 0.717) is 30.8 Å². The summed E-state index contributed by atoms with van der Waals surface area (Å²) in [5.41, 5.74) is 4.29. The fourth-order valence-corrected chi connectivity index (χ4v) is 4.21. The van der Waals surface area contributed by atoms with Gasteiger partial charge in [-0.2, -0.15) is 0 Å². The molecule has 1 aromatic carbocycles. The molecular weight excluding hydrogens is 380 g/mol. The monoisotopic (exact) mass is 404 g/mol. The van der Waals surface area contributed by atoms with Crippen LogP contribution in [0.4, 0.5) is 17.6 Å². The Morgan fingerprint density at radius 1 is 1.17 bits per heavy atom. The van der Waals surface area contributed by atoms with Crippen LogP contribution >= 0.6 is 0 Å². The number of aromatic nitrogens is 4. The van der Waals surface area contributed by atoms with Gasteiger partial charge in [-0.15, -0.1) is 0 Å². The molecule has 1 fully saturated rings. The van der Waals surface area contributed by atoms with Crippen LogP contribution in [-0.2, 0) is 11.2 Å². The van der Waals surface area contributed by atoms with Crippen molar-refractivity contribution in [3.8, 4) is 11.3 Å². The first-order valence-electron chi connectivity index (χ1n) is 10.3. The minimum Gasteiger partial charge on any atom is -0.378 e. The molecule has 0 bridgehead atoms. The minimum atomic E-state index is -0.191. The van der Waals surface area contributed by atoms with E-state index >= 15 is 0 Å². The van der Waals surface area contributed by atoms with Crippen LogP contribution in [-0.4, -0.2) is 52.3 Å². The van der Waals surface area contributed by atoms with Crippen molar-refractivity contribution in [1.82, 2.24) is 19.9 Å². The number of ether oxygens (including phenoxy) is 1. The van der Waals surface area contributed by atoms with Crippen LogP contribution in [0.2, 0.25) is 0 Å². The van der Waals surface area contributed by atoms with Gasteiger partial charge in [0.05, 0.1) is 24.6 Å². The number of aromatic amines is 1. The Labute approximate surface area is 174 Å². The van der Waals surface area contributed by atoms with Gasteiger partial charge in [0.25, 0.3) is 5.56 Å². The number of aryl methyl sites for hydroxylation is 1. The third kappa shape index (κ3) is 3.33. The summed E-state index contributed by atoms with van der Waals surface area (Å²) in [7, 11) is 0. The number of benzene rings is 1. The molecule has 0 amide bonds. The molecule has 2 aromatic heterocycles. The molecule has 2 aliphatic heterocycles. The molecule has 1 saturated heterocycles. The molecule has 0 saturated carbocycles. The second kappa shape index (κ2) is 7.53. The number of hydrogen-bond acceptors (Lipinski definition) is 7. The maximum absolute atomic E-state index is 12.5. The van der Waals surface area contributed by atoms with Gasteiger partial charge in [-0.1, -0.05) is 18.2 Å². The average Bonchev–Trinajstić information content (AvgIpc) is 3.09. The van der Waals surface area contributed by atoms with Crippen LogP contribution in [0.15, 0.2) is 41.3 Å². The van der Waals surface area contributed by atoms with Crippen LogP contribution in [0, 0.1) is 6.92 Å². The summed E-state index contributed by atoms with van der Waals surface area (Å²) in [5, 5.41) is 0. The van der Waals surface area contributed by atoms with Crippen LogP contribution in [0.25, 0.3) is 11.3 Å². The molecule has 154 valence electrons. The Bertz CT molecular complexity index is 1140. The molecule has 1 N–H and O–H groups in total. The van der Waals surface area contributed by atoms with Gasteiger partial charge in [0.2, 0.25) is 11.9 Å². The first-order valence-corrected chi connectivity index (χ1v) is 10.3. The van der Waals surface area contributed by atoms with E-state index in [1.54, 1.807) is 6.20 Å². The van der Waals surface area contributed by atoms with Gasteiger partial charge in [-0.05, 0) is 31.9 Å². The van der Waals surface area contributed by atoms with Crippen molar-refractivity contribution in [2.24, 2.45) is 0 Å². The van der Waals surface area contributed by atoms with Gasteiger partial charge in [0.1, 0.15) is 0 Å². The highest BCUT2D eigenvalue weighted by molar-refractivity contribution is 5.69. The minimum absolute atomic E-state index is 0.191. The van der Waals surface area contributed by atoms with Gasteiger partial charge < -0.3 is 14.5 Å². The predicted molar refractivity (Wildman–Crippen MR) is 115 cm³/mol. The van der Waals surface area contributed by atoms with Gasteiger partial charge in [0, 0.05) is 42.6 Å². The zero-order chi connectivity index (χ0) is 20.7. The average molecular weight is 404 g/mol. The Hall–Kier alpha value is -3.26. The van der Waals surface area contributed by atoms with E-state index in [2.05, 4.69) is 43.8 Å². The van der Waals surface area contributed by atoms with Crippen molar-refractivity contribution in [2.45, 2.75) is 26.3 Å². The molecule has 0 unspecified atom stereocenters. The van der Waals surface area contributed by atoms with Crippen LogP contribution in [0.1, 0.15) is 18.2 Å². The smallest absolute Gasteiger partial charge is 0.252 e. The summed E-state index contributed by atoms with van der Waals surface area (Å²) in [6.45, 7) is 6.98. The lowest BCUT2D eigenvalue weighted by Crippen LogP contribution is -2.37. The summed E-state index contributed by atoms with van der Waals surface area (Å²) in [4.78, 5) is 33.6. The van der Waals surface area contributed by atoms with Gasteiger partial charge >= 0.3 is 0 Å². The molecule has 3 aromatic rings. The number of morpholine rings is 1. The Balaban J connectivity index is 1.52. The number of H-pyrrole nitrogens is 1. The van der Waals surface area contributed by atoms with E-state index in [1.807, 2.05) is 19.1 Å². The first kappa shape index (κ1) is 18.7. The lowest BCUT2D eigenvalue weighted by Gasteiger charge is -2.27. The summed E-state index contributed by atoms with van der Waals surface area (Å²) in [5.74, 6) is 1.23. The molecule has 4 heterocycles. The van der Waals surface area contributed by atoms with Crippen molar-refractivity contribution >= 4 is 17.6 Å². The zero-order valence-corrected chi connectivity index (χ0v) is 17.1. The van der Waals surface area contributed by atoms with E-state index in [9.17, 15) is 4.79 Å². The second-order valence-electron chi connectivity index (χ2n) is 7.77. The van der Waals surface area contributed by atoms with Crippen LogP contribution < -0.4 is 15.4 Å². The van der Waals surface area contributed by atoms with Gasteiger partial charge in [-0.3, -0.25) is 9.78 Å². The normalized spacial score (nSPS) is 18.5. The van der Waals surface area contributed by atoms with Gasteiger partial charge in [0.15, 0.2) is 0 Å². The fourth-order valence-electron chi connectivity index (χ4n) is 4.21. The SMILES string of the molecule is Cc1nc(N2CCOCC2)ncc1-c1cc(=O)[nH]c(N2c3ccccc3C[C@H]2C)n1. The summed E-state index contributed by atoms with van der Waals surface area (Å²) < 4.78 is 5.40. The van der Waals surface area contributed by atoms with Crippen molar-refractivity contribution in [2.75, 3.05) is 36.1 Å². The summed E-state index contributed by atoms with van der Waals surface area (Å²) in [6, 6.07) is 9.96. The van der Waals surface area contributed by atoms with Crippen LogP contribution in [0.5, 0.6) is 0 Å². The lowest BCUT2D eigenvalue weighted by atomic mass is 10.1. The molecule has 30 heavy (non-hydrogen) atoms. The van der Waals surface area contributed by atoms with Crippen LogP contribution in [0.3, 0.4) is 0 Å². The number of rotatable bonds is 3. The molecule has 5 rings (SSSR count). The number of para-hydroxylation sites is 1. The highest BCUT2D eigenvalue weighted by Crippen LogP contribution is 2.36. The molecule has 8 heteroatoms. The number of nitrogens with one attached hydrogen (secondary N) is 1. The maximum atomic E-state index is 12.5. The zero-order valence-electron chi connectivity index (χ0n) is 17.1. The van der Waals surface area contributed by atoms with Crippen molar-refractivity contribution in [3.63, 3.8) is 0 Å². The molecule has 2 aliphatic rings. The summed E-state index contributed by atoms with van der Waals surface area (Å²) >= 11 is 0. The fraction of sp³-hybridized carbons (Fsp3) is 0.364. The highest BCUT2D eigenvalue weighted by Gasteiger charge is 2.29. The Kier molecular flexibility index (Phi) is 4.71. The summed E-state index contributed by atoms with van der Waals surface area (Å²) in [6.07, 6.45) is 2.68. The van der Waals surface area contributed by atoms with Crippen molar-refractivity contribution in [1.29, 1.82) is 0 Å². The number of anilines is 3. The molecule has 0 spiro atoms. The third-order valence-electron chi connectivity index (χ3n) is 5.70. The number of nitrogens with zero attached hydrogens (tertiary/aromatic N) is 5. The topological polar surface area (TPSA) is 87.2 Å². The van der Waals surface area contributed by atoms with Gasteiger partial charge in [-0.25, -0.2) is 15.0 Å². The predicted octanol–water partition coefficient (Wildman–Crippen LogP) is 2.45. The molecular formula is C22H24N6O2. The quantitative estimate of drug-likeness (QED) is 0.717. The van der Waals surface area contributed by atoms with Crippen molar-refractivity contribution in [3.05, 3.63) is 58.1 Å². The first-order chi connectivity index (χ1) is 14.6.